The molecule has 0 saturated carbocycles. The Labute approximate surface area is 116 Å². The molecular weight excluding hydrogens is 262 g/mol. The van der Waals surface area contributed by atoms with Gasteiger partial charge in [-0.25, -0.2) is 4.79 Å². The molecule has 0 aliphatic carbocycles. The summed E-state index contributed by atoms with van der Waals surface area (Å²) in [7, 11) is 0. The number of hydrogen-bond donors (Lipinski definition) is 0. The summed E-state index contributed by atoms with van der Waals surface area (Å²) >= 11 is 1.42. The van der Waals surface area contributed by atoms with Gasteiger partial charge in [0.1, 0.15) is 4.83 Å². The first-order valence-corrected chi connectivity index (χ1v) is 7.70. The van der Waals surface area contributed by atoms with Crippen LogP contribution in [0.25, 0.3) is 10.2 Å². The summed E-state index contributed by atoms with van der Waals surface area (Å²) in [6.45, 7) is 2.76. The first-order valence-electron chi connectivity index (χ1n) is 6.82. The summed E-state index contributed by atoms with van der Waals surface area (Å²) in [5, 5.41) is 2.35. The van der Waals surface area contributed by atoms with Crippen molar-refractivity contribution in [3.63, 3.8) is 0 Å². The van der Waals surface area contributed by atoms with E-state index in [0.29, 0.717) is 16.8 Å². The van der Waals surface area contributed by atoms with Gasteiger partial charge in [-0.1, -0.05) is 39.0 Å². The summed E-state index contributed by atoms with van der Waals surface area (Å²) in [6.07, 6.45) is 7.28. The van der Waals surface area contributed by atoms with Gasteiger partial charge in [0.2, 0.25) is 0 Å². The Morgan fingerprint density at radius 1 is 1.26 bits per heavy atom. The van der Waals surface area contributed by atoms with Crippen LogP contribution in [0.15, 0.2) is 20.7 Å². The van der Waals surface area contributed by atoms with Gasteiger partial charge in [0.15, 0.2) is 0 Å². The van der Waals surface area contributed by atoms with E-state index in [9.17, 15) is 4.79 Å². The lowest BCUT2D eigenvalue weighted by molar-refractivity contribution is 0.211. The number of thiophene rings is 1. The highest BCUT2D eigenvalue weighted by atomic mass is 32.1. The molecule has 0 fully saturated rings. The van der Waals surface area contributed by atoms with E-state index in [4.69, 9.17) is 9.15 Å². The van der Waals surface area contributed by atoms with Crippen molar-refractivity contribution < 1.29 is 9.15 Å². The number of aromatic nitrogens is 1. The van der Waals surface area contributed by atoms with E-state index in [1.807, 2.05) is 5.38 Å². The van der Waals surface area contributed by atoms with Gasteiger partial charge in [0.25, 0.3) is 0 Å². The predicted molar refractivity (Wildman–Crippen MR) is 77.0 cm³/mol. The molecule has 2 aromatic rings. The molecule has 2 aromatic heterocycles. The smallest absolute Gasteiger partial charge is 0.397 e. The highest BCUT2D eigenvalue weighted by molar-refractivity contribution is 7.16. The van der Waals surface area contributed by atoms with Gasteiger partial charge >= 0.3 is 11.7 Å². The van der Waals surface area contributed by atoms with Crippen LogP contribution in [0.4, 0.5) is 0 Å². The highest BCUT2D eigenvalue weighted by Crippen LogP contribution is 2.18. The lowest BCUT2D eigenvalue weighted by Gasteiger charge is -2.03. The second-order valence-electron chi connectivity index (χ2n) is 4.52. The van der Waals surface area contributed by atoms with E-state index in [2.05, 4.69) is 11.9 Å². The minimum absolute atomic E-state index is 0.0912. The van der Waals surface area contributed by atoms with Crippen LogP contribution in [-0.2, 0) is 0 Å². The van der Waals surface area contributed by atoms with Crippen LogP contribution >= 0.6 is 11.3 Å². The first kappa shape index (κ1) is 14.1. The van der Waals surface area contributed by atoms with Crippen LogP contribution in [0.1, 0.15) is 45.4 Å². The Hall–Kier alpha value is -1.36. The number of unbranched alkanes of at least 4 members (excludes halogenated alkanes) is 5. The molecule has 0 aliphatic heterocycles. The maximum atomic E-state index is 11.6. The van der Waals surface area contributed by atoms with Crippen molar-refractivity contribution in [2.24, 2.45) is 0 Å². The largest absolute Gasteiger partial charge is 0.450 e. The molecule has 0 amide bonds. The maximum absolute atomic E-state index is 11.6. The lowest BCUT2D eigenvalue weighted by atomic mass is 10.1. The van der Waals surface area contributed by atoms with Gasteiger partial charge in [-0.15, -0.1) is 11.3 Å². The summed E-state index contributed by atoms with van der Waals surface area (Å²) in [5.41, 5.74) is -0.371. The van der Waals surface area contributed by atoms with E-state index in [1.54, 1.807) is 6.07 Å². The summed E-state index contributed by atoms with van der Waals surface area (Å²) in [4.78, 5) is 16.4. The van der Waals surface area contributed by atoms with E-state index in [1.165, 1.54) is 37.0 Å². The van der Waals surface area contributed by atoms with Gasteiger partial charge in [0.05, 0.1) is 12.0 Å². The molecule has 19 heavy (non-hydrogen) atoms. The van der Waals surface area contributed by atoms with Crippen LogP contribution in [0.3, 0.4) is 0 Å². The number of fused-ring (bicyclic) bond motifs is 1. The van der Waals surface area contributed by atoms with Gasteiger partial charge < -0.3 is 9.15 Å². The fourth-order valence-corrected chi connectivity index (χ4v) is 2.63. The quantitative estimate of drug-likeness (QED) is 0.686. The molecule has 0 radical (unpaired) electrons. The first-order chi connectivity index (χ1) is 9.31. The normalized spacial score (nSPS) is 11.0. The van der Waals surface area contributed by atoms with Crippen LogP contribution in [0.5, 0.6) is 6.08 Å². The van der Waals surface area contributed by atoms with Gasteiger partial charge in [-0.2, -0.15) is 4.98 Å². The molecule has 0 atom stereocenters. The summed E-state index contributed by atoms with van der Waals surface area (Å²) < 4.78 is 10.4. The van der Waals surface area contributed by atoms with Crippen molar-refractivity contribution in [1.82, 2.24) is 4.98 Å². The predicted octanol–water partition coefficient (Wildman–Crippen LogP) is 3.99. The Morgan fingerprint density at radius 3 is 2.89 bits per heavy atom. The zero-order valence-electron chi connectivity index (χ0n) is 11.2. The topological polar surface area (TPSA) is 52.3 Å². The van der Waals surface area contributed by atoms with Crippen molar-refractivity contribution in [3.8, 4) is 6.08 Å². The minimum atomic E-state index is -0.371. The molecule has 0 saturated heterocycles. The van der Waals surface area contributed by atoms with Crippen molar-refractivity contribution in [1.29, 1.82) is 0 Å². The Bertz CT molecular complexity index is 561. The average Bonchev–Trinajstić information content (AvgIpc) is 2.86. The van der Waals surface area contributed by atoms with Gasteiger partial charge in [-0.3, -0.25) is 0 Å². The Kier molecular flexibility index (Phi) is 5.39. The highest BCUT2D eigenvalue weighted by Gasteiger charge is 2.07. The minimum Gasteiger partial charge on any atom is -0.450 e. The second kappa shape index (κ2) is 7.28. The molecule has 5 heteroatoms. The lowest BCUT2D eigenvalue weighted by Crippen LogP contribution is -2.05. The summed E-state index contributed by atoms with van der Waals surface area (Å²) in [6, 6.07) is 1.72. The molecule has 0 bridgehead atoms. The van der Waals surface area contributed by atoms with Gasteiger partial charge in [-0.05, 0) is 17.9 Å². The van der Waals surface area contributed by atoms with Crippen molar-refractivity contribution >= 4 is 21.6 Å². The number of rotatable bonds is 8. The molecule has 0 N–H and O–H groups in total. The molecule has 0 aromatic carbocycles. The average molecular weight is 281 g/mol. The number of nitrogens with zero attached hydrogens (tertiary/aromatic N) is 1. The third-order valence-electron chi connectivity index (χ3n) is 2.96. The molecule has 4 nitrogen and oxygen atoms in total. The van der Waals surface area contributed by atoms with E-state index >= 15 is 0 Å². The Morgan fingerprint density at radius 2 is 2.05 bits per heavy atom. The van der Waals surface area contributed by atoms with Crippen molar-refractivity contribution in [2.75, 3.05) is 6.61 Å². The molecule has 104 valence electrons. The summed E-state index contributed by atoms with van der Waals surface area (Å²) in [5.74, 6) is 0. The van der Waals surface area contributed by atoms with E-state index in [0.717, 1.165) is 12.8 Å². The van der Waals surface area contributed by atoms with E-state index < -0.39 is 0 Å². The van der Waals surface area contributed by atoms with Crippen LogP contribution in [0, 0.1) is 0 Å². The standard InChI is InChI=1S/C14H19NO3S/c1-2-3-4-5-6-7-9-17-14-15-12-11(8-10-19-12)13(16)18-14/h8,10H,2-7,9H2,1H3. The second-order valence-corrected chi connectivity index (χ2v) is 5.42. The van der Waals surface area contributed by atoms with Crippen molar-refractivity contribution in [3.05, 3.63) is 21.9 Å². The maximum Gasteiger partial charge on any atom is 0.397 e. The molecule has 2 rings (SSSR count). The monoisotopic (exact) mass is 281 g/mol. The molecule has 0 aliphatic rings. The van der Waals surface area contributed by atoms with Crippen LogP contribution in [-0.4, -0.2) is 11.6 Å². The molecule has 0 spiro atoms. The Balaban J connectivity index is 1.77. The molecular formula is C14H19NO3S. The van der Waals surface area contributed by atoms with E-state index in [-0.39, 0.29) is 11.7 Å². The fourth-order valence-electron chi connectivity index (χ4n) is 1.89. The fraction of sp³-hybridized carbons (Fsp3) is 0.571. The molecule has 2 heterocycles. The number of hydrogen-bond acceptors (Lipinski definition) is 5. The van der Waals surface area contributed by atoms with Crippen LogP contribution in [0.2, 0.25) is 0 Å². The zero-order valence-corrected chi connectivity index (χ0v) is 12.0. The third-order valence-corrected chi connectivity index (χ3v) is 3.77. The zero-order chi connectivity index (χ0) is 13.5. The molecule has 0 unspecified atom stereocenters. The SMILES string of the molecule is CCCCCCCCOc1nc2sccc2c(=O)o1. The number of ether oxygens (including phenoxy) is 1. The third kappa shape index (κ3) is 4.06. The van der Waals surface area contributed by atoms with Gasteiger partial charge in [0, 0.05) is 0 Å². The van der Waals surface area contributed by atoms with Crippen molar-refractivity contribution in [2.45, 2.75) is 45.4 Å². The van der Waals surface area contributed by atoms with Crippen LogP contribution < -0.4 is 10.4 Å².